The fourth-order valence-electron chi connectivity index (χ4n) is 1.13. The number of carbonyl (C=O) groups is 1. The zero-order valence-corrected chi connectivity index (χ0v) is 8.13. The van der Waals surface area contributed by atoms with Crippen LogP contribution in [0.5, 0.6) is 0 Å². The van der Waals surface area contributed by atoms with Crippen LogP contribution in [0, 0.1) is 13.8 Å². The molecule has 1 heterocycles. The number of pyridine rings is 1. The predicted molar refractivity (Wildman–Crippen MR) is 49.7 cm³/mol. The van der Waals surface area contributed by atoms with E-state index in [1.807, 2.05) is 19.9 Å². The van der Waals surface area contributed by atoms with Crippen molar-refractivity contribution >= 4 is 5.97 Å². The number of hydrogen-bond donors (Lipinski definition) is 0. The Balaban J connectivity index is 2.95. The highest BCUT2D eigenvalue weighted by Gasteiger charge is 2.10. The van der Waals surface area contributed by atoms with Crippen molar-refractivity contribution < 1.29 is 9.53 Å². The highest BCUT2D eigenvalue weighted by molar-refractivity contribution is 5.88. The monoisotopic (exact) mass is 179 g/mol. The van der Waals surface area contributed by atoms with Crippen LogP contribution in [-0.2, 0) is 4.74 Å². The third kappa shape index (κ3) is 2.28. The summed E-state index contributed by atoms with van der Waals surface area (Å²) in [5.41, 5.74) is 2.32. The largest absolute Gasteiger partial charge is 0.461 e. The Morgan fingerprint density at radius 2 is 2.23 bits per heavy atom. The van der Waals surface area contributed by atoms with Gasteiger partial charge in [-0.25, -0.2) is 9.78 Å². The Hall–Kier alpha value is -1.38. The summed E-state index contributed by atoms with van der Waals surface area (Å²) in [6, 6.07) is 1.92. The van der Waals surface area contributed by atoms with Gasteiger partial charge in [-0.1, -0.05) is 6.07 Å². The molecule has 1 rings (SSSR count). The first-order chi connectivity index (χ1) is 6.15. The number of aromatic nitrogens is 1. The first-order valence-electron chi connectivity index (χ1n) is 4.25. The van der Waals surface area contributed by atoms with Gasteiger partial charge in [0.2, 0.25) is 0 Å². The maximum atomic E-state index is 11.3. The van der Waals surface area contributed by atoms with E-state index in [0.29, 0.717) is 12.3 Å². The van der Waals surface area contributed by atoms with E-state index in [-0.39, 0.29) is 5.97 Å². The molecule has 0 saturated carbocycles. The van der Waals surface area contributed by atoms with E-state index in [1.165, 1.54) is 0 Å². The lowest BCUT2D eigenvalue weighted by atomic mass is 10.2. The molecule has 0 aromatic carbocycles. The number of nitrogens with zero attached hydrogens (tertiary/aromatic N) is 1. The van der Waals surface area contributed by atoms with Gasteiger partial charge in [-0.05, 0) is 31.9 Å². The molecular weight excluding hydrogens is 166 g/mol. The summed E-state index contributed by atoms with van der Waals surface area (Å²) in [6.07, 6.45) is 1.67. The van der Waals surface area contributed by atoms with Gasteiger partial charge in [-0.2, -0.15) is 0 Å². The van der Waals surface area contributed by atoms with Crippen molar-refractivity contribution in [2.24, 2.45) is 0 Å². The van der Waals surface area contributed by atoms with Crippen LogP contribution >= 0.6 is 0 Å². The molecular formula is C10H13NO2. The van der Waals surface area contributed by atoms with Crippen molar-refractivity contribution in [3.05, 3.63) is 29.1 Å². The number of esters is 1. The maximum Gasteiger partial charge on any atom is 0.357 e. The van der Waals surface area contributed by atoms with Crippen LogP contribution in [0.15, 0.2) is 12.3 Å². The van der Waals surface area contributed by atoms with Gasteiger partial charge in [0.1, 0.15) is 0 Å². The molecule has 13 heavy (non-hydrogen) atoms. The van der Waals surface area contributed by atoms with Gasteiger partial charge in [0.25, 0.3) is 0 Å². The highest BCUT2D eigenvalue weighted by atomic mass is 16.5. The molecule has 0 spiro atoms. The van der Waals surface area contributed by atoms with Crippen molar-refractivity contribution in [3.63, 3.8) is 0 Å². The fourth-order valence-corrected chi connectivity index (χ4v) is 1.13. The van der Waals surface area contributed by atoms with E-state index in [1.54, 1.807) is 13.1 Å². The zero-order chi connectivity index (χ0) is 9.84. The van der Waals surface area contributed by atoms with Crippen LogP contribution in [-0.4, -0.2) is 17.6 Å². The van der Waals surface area contributed by atoms with E-state index >= 15 is 0 Å². The molecule has 0 radical (unpaired) electrons. The first-order valence-corrected chi connectivity index (χ1v) is 4.25. The lowest BCUT2D eigenvalue weighted by Crippen LogP contribution is -2.09. The van der Waals surface area contributed by atoms with Gasteiger partial charge >= 0.3 is 5.97 Å². The van der Waals surface area contributed by atoms with E-state index in [4.69, 9.17) is 4.74 Å². The van der Waals surface area contributed by atoms with E-state index in [0.717, 1.165) is 11.1 Å². The minimum absolute atomic E-state index is 0.347. The summed E-state index contributed by atoms with van der Waals surface area (Å²) in [6.45, 7) is 5.95. The number of ether oxygens (including phenoxy) is 1. The van der Waals surface area contributed by atoms with Crippen LogP contribution in [0.2, 0.25) is 0 Å². The first kappa shape index (κ1) is 9.71. The average molecular weight is 179 g/mol. The highest BCUT2D eigenvalue weighted by Crippen LogP contribution is 2.07. The molecule has 3 heteroatoms. The molecule has 0 aliphatic carbocycles. The van der Waals surface area contributed by atoms with E-state index < -0.39 is 0 Å². The molecule has 0 aliphatic rings. The van der Waals surface area contributed by atoms with Crippen molar-refractivity contribution in [1.29, 1.82) is 0 Å². The summed E-state index contributed by atoms with van der Waals surface area (Å²) in [5, 5.41) is 0. The third-order valence-corrected chi connectivity index (χ3v) is 1.68. The van der Waals surface area contributed by atoms with Crippen LogP contribution in [0.1, 0.15) is 28.5 Å². The van der Waals surface area contributed by atoms with Crippen LogP contribution in [0.3, 0.4) is 0 Å². The summed E-state index contributed by atoms with van der Waals surface area (Å²) >= 11 is 0. The summed E-state index contributed by atoms with van der Waals surface area (Å²) in [4.78, 5) is 15.3. The second-order valence-electron chi connectivity index (χ2n) is 2.90. The Kier molecular flexibility index (Phi) is 3.01. The summed E-state index contributed by atoms with van der Waals surface area (Å²) < 4.78 is 4.85. The molecule has 0 atom stereocenters. The van der Waals surface area contributed by atoms with Crippen molar-refractivity contribution in [2.75, 3.05) is 6.61 Å². The minimum Gasteiger partial charge on any atom is -0.461 e. The molecule has 0 bridgehead atoms. The average Bonchev–Trinajstić information content (AvgIpc) is 2.04. The molecule has 3 nitrogen and oxygen atoms in total. The second-order valence-corrected chi connectivity index (χ2v) is 2.90. The molecule has 0 amide bonds. The molecule has 70 valence electrons. The minimum atomic E-state index is -0.347. The van der Waals surface area contributed by atoms with Crippen molar-refractivity contribution in [1.82, 2.24) is 4.98 Å². The Morgan fingerprint density at radius 1 is 1.54 bits per heavy atom. The molecule has 0 saturated heterocycles. The Morgan fingerprint density at radius 3 is 2.77 bits per heavy atom. The van der Waals surface area contributed by atoms with Crippen LogP contribution in [0.4, 0.5) is 0 Å². The zero-order valence-electron chi connectivity index (χ0n) is 8.13. The topological polar surface area (TPSA) is 39.2 Å². The predicted octanol–water partition coefficient (Wildman–Crippen LogP) is 1.88. The SMILES string of the molecule is CCOC(=O)c1ncc(C)cc1C. The van der Waals surface area contributed by atoms with Gasteiger partial charge in [0.15, 0.2) is 5.69 Å². The van der Waals surface area contributed by atoms with Crippen LogP contribution in [0.25, 0.3) is 0 Å². The van der Waals surface area contributed by atoms with Gasteiger partial charge in [0, 0.05) is 6.20 Å². The van der Waals surface area contributed by atoms with E-state index in [2.05, 4.69) is 4.98 Å². The third-order valence-electron chi connectivity index (χ3n) is 1.68. The number of aryl methyl sites for hydroxylation is 2. The fraction of sp³-hybridized carbons (Fsp3) is 0.400. The lowest BCUT2D eigenvalue weighted by Gasteiger charge is -2.04. The normalized spacial score (nSPS) is 9.77. The van der Waals surface area contributed by atoms with Gasteiger partial charge in [-0.15, -0.1) is 0 Å². The van der Waals surface area contributed by atoms with Gasteiger partial charge in [-0.3, -0.25) is 0 Å². The molecule has 0 unspecified atom stereocenters. The van der Waals surface area contributed by atoms with Gasteiger partial charge in [0.05, 0.1) is 6.61 Å². The maximum absolute atomic E-state index is 11.3. The molecule has 0 N–H and O–H groups in total. The molecule has 0 fully saturated rings. The van der Waals surface area contributed by atoms with Crippen molar-refractivity contribution in [3.8, 4) is 0 Å². The Bertz CT molecular complexity index is 321. The lowest BCUT2D eigenvalue weighted by molar-refractivity contribution is 0.0518. The smallest absolute Gasteiger partial charge is 0.357 e. The molecule has 1 aromatic heterocycles. The number of carbonyl (C=O) groups excluding carboxylic acids is 1. The molecule has 0 aliphatic heterocycles. The van der Waals surface area contributed by atoms with E-state index in [9.17, 15) is 4.79 Å². The summed E-state index contributed by atoms with van der Waals surface area (Å²) in [7, 11) is 0. The van der Waals surface area contributed by atoms with Crippen molar-refractivity contribution in [2.45, 2.75) is 20.8 Å². The standard InChI is InChI=1S/C10H13NO2/c1-4-13-10(12)9-8(3)5-7(2)6-11-9/h5-6H,4H2,1-3H3. The number of rotatable bonds is 2. The second kappa shape index (κ2) is 4.03. The van der Waals surface area contributed by atoms with Gasteiger partial charge < -0.3 is 4.74 Å². The molecule has 1 aromatic rings. The Labute approximate surface area is 77.8 Å². The summed E-state index contributed by atoms with van der Waals surface area (Å²) in [5.74, 6) is -0.347. The quantitative estimate of drug-likeness (QED) is 0.650. The van der Waals surface area contributed by atoms with Crippen LogP contribution < -0.4 is 0 Å². The number of hydrogen-bond acceptors (Lipinski definition) is 3.